The average molecular weight is 198 g/mol. The lowest BCUT2D eigenvalue weighted by atomic mass is 10.00. The second-order valence-electron chi connectivity index (χ2n) is 4.60. The number of carbonyl (C=O) groups excluding carboxylic acids is 1. The minimum Gasteiger partial charge on any atom is -0.360 e. The van der Waals surface area contributed by atoms with Gasteiger partial charge in [0.25, 0.3) is 0 Å². The molecule has 0 spiro atoms. The summed E-state index contributed by atoms with van der Waals surface area (Å²) >= 11 is 0. The van der Waals surface area contributed by atoms with E-state index in [1.165, 1.54) is 0 Å². The SMILES string of the molecule is CC(OC1(C)CNC1)C(=O)NC1CC1. The van der Waals surface area contributed by atoms with Gasteiger partial charge in [-0.2, -0.15) is 0 Å². The van der Waals surface area contributed by atoms with Crippen molar-refractivity contribution in [1.82, 2.24) is 10.6 Å². The molecule has 1 heterocycles. The van der Waals surface area contributed by atoms with E-state index in [2.05, 4.69) is 10.6 Å². The summed E-state index contributed by atoms with van der Waals surface area (Å²) in [5.74, 6) is 0.0284. The largest absolute Gasteiger partial charge is 0.360 e. The third kappa shape index (κ3) is 2.25. The third-order valence-corrected chi connectivity index (χ3v) is 2.75. The molecule has 0 bridgehead atoms. The predicted molar refractivity (Wildman–Crippen MR) is 53.0 cm³/mol. The maximum Gasteiger partial charge on any atom is 0.249 e. The van der Waals surface area contributed by atoms with Gasteiger partial charge in [0.05, 0.1) is 5.60 Å². The van der Waals surface area contributed by atoms with Crippen LogP contribution in [-0.4, -0.2) is 36.7 Å². The Morgan fingerprint density at radius 3 is 2.64 bits per heavy atom. The van der Waals surface area contributed by atoms with Crippen LogP contribution in [0.3, 0.4) is 0 Å². The van der Waals surface area contributed by atoms with Gasteiger partial charge in [-0.15, -0.1) is 0 Å². The zero-order valence-corrected chi connectivity index (χ0v) is 8.80. The molecule has 0 aromatic carbocycles. The van der Waals surface area contributed by atoms with Crippen molar-refractivity contribution in [2.75, 3.05) is 13.1 Å². The molecule has 1 atom stereocenters. The molecule has 2 rings (SSSR count). The standard InChI is InChI=1S/C10H18N2O2/c1-7(9(13)12-8-3-4-8)14-10(2)5-11-6-10/h7-8,11H,3-6H2,1-2H3,(H,12,13). The second-order valence-corrected chi connectivity index (χ2v) is 4.60. The van der Waals surface area contributed by atoms with Crippen molar-refractivity contribution in [1.29, 1.82) is 0 Å². The molecule has 0 aromatic heterocycles. The molecular weight excluding hydrogens is 180 g/mol. The van der Waals surface area contributed by atoms with Crippen LogP contribution in [0.2, 0.25) is 0 Å². The second kappa shape index (κ2) is 3.51. The van der Waals surface area contributed by atoms with E-state index >= 15 is 0 Å². The van der Waals surface area contributed by atoms with E-state index in [9.17, 15) is 4.79 Å². The van der Waals surface area contributed by atoms with Crippen molar-refractivity contribution < 1.29 is 9.53 Å². The number of carbonyl (C=O) groups is 1. The molecule has 1 aliphatic heterocycles. The Morgan fingerprint density at radius 2 is 2.21 bits per heavy atom. The first-order chi connectivity index (χ1) is 6.59. The predicted octanol–water partition coefficient (Wildman–Crippen LogP) is 0.0320. The van der Waals surface area contributed by atoms with Crippen LogP contribution < -0.4 is 10.6 Å². The van der Waals surface area contributed by atoms with Crippen LogP contribution in [0.15, 0.2) is 0 Å². The van der Waals surface area contributed by atoms with Crippen molar-refractivity contribution >= 4 is 5.91 Å². The summed E-state index contributed by atoms with van der Waals surface area (Å²) in [7, 11) is 0. The number of hydrogen-bond acceptors (Lipinski definition) is 3. The van der Waals surface area contributed by atoms with Crippen LogP contribution in [0.1, 0.15) is 26.7 Å². The first-order valence-electron chi connectivity index (χ1n) is 5.28. The van der Waals surface area contributed by atoms with Crippen LogP contribution in [-0.2, 0) is 9.53 Å². The van der Waals surface area contributed by atoms with Crippen molar-refractivity contribution in [3.8, 4) is 0 Å². The molecule has 1 unspecified atom stereocenters. The summed E-state index contributed by atoms with van der Waals surface area (Å²) in [5.41, 5.74) is -0.139. The lowest BCUT2D eigenvalue weighted by molar-refractivity contribution is -0.149. The Balaban J connectivity index is 1.75. The Morgan fingerprint density at radius 1 is 1.57 bits per heavy atom. The molecule has 4 heteroatoms. The number of ether oxygens (including phenoxy) is 1. The first kappa shape index (κ1) is 9.93. The molecule has 2 aliphatic rings. The van der Waals surface area contributed by atoms with Crippen LogP contribution in [0, 0.1) is 0 Å². The molecule has 14 heavy (non-hydrogen) atoms. The summed E-state index contributed by atoms with van der Waals surface area (Å²) < 4.78 is 5.69. The Kier molecular flexibility index (Phi) is 2.49. The highest BCUT2D eigenvalue weighted by molar-refractivity contribution is 5.81. The summed E-state index contributed by atoms with van der Waals surface area (Å²) in [6.07, 6.45) is 1.91. The number of rotatable bonds is 4. The maximum absolute atomic E-state index is 11.6. The lowest BCUT2D eigenvalue weighted by Gasteiger charge is -2.40. The highest BCUT2D eigenvalue weighted by Gasteiger charge is 2.36. The van der Waals surface area contributed by atoms with Gasteiger partial charge < -0.3 is 15.4 Å². The van der Waals surface area contributed by atoms with E-state index in [1.54, 1.807) is 0 Å². The zero-order chi connectivity index (χ0) is 10.2. The molecule has 1 aliphatic carbocycles. The fourth-order valence-electron chi connectivity index (χ4n) is 1.59. The fourth-order valence-corrected chi connectivity index (χ4v) is 1.59. The van der Waals surface area contributed by atoms with E-state index in [-0.39, 0.29) is 17.6 Å². The van der Waals surface area contributed by atoms with Crippen LogP contribution >= 0.6 is 0 Å². The minimum atomic E-state index is -0.331. The molecule has 1 saturated heterocycles. The van der Waals surface area contributed by atoms with Gasteiger partial charge in [0.15, 0.2) is 0 Å². The average Bonchev–Trinajstić information content (AvgIpc) is 2.85. The molecule has 0 aromatic rings. The third-order valence-electron chi connectivity index (χ3n) is 2.75. The van der Waals surface area contributed by atoms with Crippen LogP contribution in [0.25, 0.3) is 0 Å². The van der Waals surface area contributed by atoms with Gasteiger partial charge in [-0.1, -0.05) is 0 Å². The Bertz CT molecular complexity index is 234. The van der Waals surface area contributed by atoms with Gasteiger partial charge in [0.1, 0.15) is 6.10 Å². The van der Waals surface area contributed by atoms with Gasteiger partial charge in [0.2, 0.25) is 5.91 Å². The molecule has 1 saturated carbocycles. The minimum absolute atomic E-state index is 0.0284. The molecule has 0 radical (unpaired) electrons. The topological polar surface area (TPSA) is 50.4 Å². The number of hydrogen-bond donors (Lipinski definition) is 2. The molecular formula is C10H18N2O2. The highest BCUT2D eigenvalue weighted by Crippen LogP contribution is 2.21. The van der Waals surface area contributed by atoms with Gasteiger partial charge in [-0.3, -0.25) is 4.79 Å². The van der Waals surface area contributed by atoms with Crippen molar-refractivity contribution in [3.63, 3.8) is 0 Å². The molecule has 2 fully saturated rings. The summed E-state index contributed by atoms with van der Waals surface area (Å²) in [6, 6.07) is 0.417. The maximum atomic E-state index is 11.6. The monoisotopic (exact) mass is 198 g/mol. The van der Waals surface area contributed by atoms with Crippen LogP contribution in [0.5, 0.6) is 0 Å². The van der Waals surface area contributed by atoms with E-state index in [0.29, 0.717) is 6.04 Å². The zero-order valence-electron chi connectivity index (χ0n) is 8.80. The van der Waals surface area contributed by atoms with Crippen molar-refractivity contribution in [2.45, 2.75) is 44.4 Å². The first-order valence-corrected chi connectivity index (χ1v) is 5.28. The Hall–Kier alpha value is -0.610. The highest BCUT2D eigenvalue weighted by atomic mass is 16.5. The summed E-state index contributed by atoms with van der Waals surface area (Å²) in [5, 5.41) is 6.08. The van der Waals surface area contributed by atoms with E-state index in [4.69, 9.17) is 4.74 Å². The van der Waals surface area contributed by atoms with Gasteiger partial charge >= 0.3 is 0 Å². The summed E-state index contributed by atoms with van der Waals surface area (Å²) in [4.78, 5) is 11.6. The van der Waals surface area contributed by atoms with Crippen LogP contribution in [0.4, 0.5) is 0 Å². The van der Waals surface area contributed by atoms with Gasteiger partial charge in [0, 0.05) is 19.1 Å². The molecule has 1 amide bonds. The fraction of sp³-hybridized carbons (Fsp3) is 0.900. The number of nitrogens with one attached hydrogen (secondary N) is 2. The molecule has 2 N–H and O–H groups in total. The lowest BCUT2D eigenvalue weighted by Crippen LogP contribution is -2.61. The summed E-state index contributed by atoms with van der Waals surface area (Å²) in [6.45, 7) is 5.54. The number of amides is 1. The van der Waals surface area contributed by atoms with E-state index < -0.39 is 0 Å². The van der Waals surface area contributed by atoms with Gasteiger partial charge in [-0.05, 0) is 26.7 Å². The quantitative estimate of drug-likeness (QED) is 0.670. The van der Waals surface area contributed by atoms with Crippen molar-refractivity contribution in [3.05, 3.63) is 0 Å². The smallest absolute Gasteiger partial charge is 0.249 e. The van der Waals surface area contributed by atoms with Gasteiger partial charge in [-0.25, -0.2) is 0 Å². The Labute approximate surface area is 84.4 Å². The van der Waals surface area contributed by atoms with E-state index in [1.807, 2.05) is 13.8 Å². The van der Waals surface area contributed by atoms with Crippen molar-refractivity contribution in [2.24, 2.45) is 0 Å². The normalized spacial score (nSPS) is 26.4. The molecule has 80 valence electrons. The molecule has 4 nitrogen and oxygen atoms in total. The van der Waals surface area contributed by atoms with E-state index in [0.717, 1.165) is 25.9 Å².